The Morgan fingerprint density at radius 1 is 0.971 bits per heavy atom. The van der Waals surface area contributed by atoms with Gasteiger partial charge in [0.1, 0.15) is 11.6 Å². The Hall–Kier alpha value is -2.89. The van der Waals surface area contributed by atoms with Crippen LogP contribution in [0, 0.1) is 11.7 Å². The van der Waals surface area contributed by atoms with Crippen LogP contribution >= 0.6 is 0 Å². The molecule has 5 rings (SSSR count). The van der Waals surface area contributed by atoms with E-state index in [1.165, 1.54) is 6.07 Å². The largest absolute Gasteiger partial charge is 0.497 e. The molecule has 5 nitrogen and oxygen atoms in total. The lowest BCUT2D eigenvalue weighted by molar-refractivity contribution is -0.144. The summed E-state index contributed by atoms with van der Waals surface area (Å²) in [6.07, 6.45) is 6.55. The third kappa shape index (κ3) is 3.97. The van der Waals surface area contributed by atoms with Crippen LogP contribution in [0.4, 0.5) is 4.39 Å². The number of benzene rings is 2. The molecule has 180 valence electrons. The number of carbonyl (C=O) groups is 2. The lowest BCUT2D eigenvalue weighted by Crippen LogP contribution is -2.59. The molecule has 0 spiro atoms. The summed E-state index contributed by atoms with van der Waals surface area (Å²) in [5.74, 6) is 0.563. The number of ether oxygens (including phenoxy) is 1. The number of hydrogen-bond acceptors (Lipinski definition) is 3. The number of rotatable bonds is 4. The summed E-state index contributed by atoms with van der Waals surface area (Å²) in [4.78, 5) is 31.1. The van der Waals surface area contributed by atoms with Crippen molar-refractivity contribution in [1.29, 1.82) is 0 Å². The Morgan fingerprint density at radius 3 is 2.41 bits per heavy atom. The zero-order valence-electron chi connectivity index (χ0n) is 19.8. The van der Waals surface area contributed by atoms with Gasteiger partial charge in [-0.2, -0.15) is 0 Å². The van der Waals surface area contributed by atoms with Crippen LogP contribution in [-0.4, -0.2) is 54.4 Å². The van der Waals surface area contributed by atoms with Crippen molar-refractivity contribution in [1.82, 2.24) is 9.80 Å². The van der Waals surface area contributed by atoms with Gasteiger partial charge in [-0.05, 0) is 67.9 Å². The highest BCUT2D eigenvalue weighted by atomic mass is 19.1. The Kier molecular flexibility index (Phi) is 6.32. The Bertz CT molecular complexity index is 1050. The van der Waals surface area contributed by atoms with Crippen molar-refractivity contribution in [3.05, 3.63) is 65.5 Å². The van der Waals surface area contributed by atoms with Gasteiger partial charge >= 0.3 is 0 Å². The molecule has 1 aliphatic carbocycles. The Labute approximate surface area is 200 Å². The molecule has 2 amide bonds. The first kappa shape index (κ1) is 22.9. The summed E-state index contributed by atoms with van der Waals surface area (Å²) < 4.78 is 19.5. The van der Waals surface area contributed by atoms with E-state index in [1.54, 1.807) is 30.2 Å². The fourth-order valence-electron chi connectivity index (χ4n) is 6.43. The van der Waals surface area contributed by atoms with Gasteiger partial charge in [-0.15, -0.1) is 0 Å². The summed E-state index contributed by atoms with van der Waals surface area (Å²) in [6.45, 7) is 1.91. The third-order valence-electron chi connectivity index (χ3n) is 8.23. The van der Waals surface area contributed by atoms with Gasteiger partial charge in [-0.3, -0.25) is 9.59 Å². The number of nitrogens with zero attached hydrogens (tertiary/aromatic N) is 2. The van der Waals surface area contributed by atoms with Crippen molar-refractivity contribution in [3.63, 3.8) is 0 Å². The van der Waals surface area contributed by atoms with Crippen LogP contribution in [-0.2, 0) is 10.2 Å². The smallest absolute Gasteiger partial charge is 0.256 e. The normalized spacial score (nSPS) is 23.9. The molecule has 3 aliphatic rings. The Morgan fingerprint density at radius 2 is 1.71 bits per heavy atom. The summed E-state index contributed by atoms with van der Waals surface area (Å²) in [5.41, 5.74) is 0.757. The zero-order chi connectivity index (χ0) is 23.7. The van der Waals surface area contributed by atoms with E-state index in [0.717, 1.165) is 62.8 Å². The van der Waals surface area contributed by atoms with E-state index in [4.69, 9.17) is 4.74 Å². The molecule has 3 fully saturated rings. The van der Waals surface area contributed by atoms with Crippen LogP contribution in [0.3, 0.4) is 0 Å². The first-order valence-electron chi connectivity index (χ1n) is 12.5. The Balaban J connectivity index is 1.35. The minimum atomic E-state index is -0.474. The second-order valence-electron chi connectivity index (χ2n) is 10.0. The summed E-state index contributed by atoms with van der Waals surface area (Å²) in [5, 5.41) is 0. The van der Waals surface area contributed by atoms with E-state index in [9.17, 15) is 14.0 Å². The molecule has 0 aromatic heterocycles. The molecular formula is C28H33FN2O3. The van der Waals surface area contributed by atoms with E-state index in [-0.39, 0.29) is 29.3 Å². The number of methoxy groups -OCH3 is 1. The van der Waals surface area contributed by atoms with Gasteiger partial charge in [0.2, 0.25) is 5.91 Å². The lowest BCUT2D eigenvalue weighted by Gasteiger charge is -2.49. The maximum Gasteiger partial charge on any atom is 0.256 e. The number of piperidine rings is 2. The van der Waals surface area contributed by atoms with Crippen LogP contribution in [0.2, 0.25) is 0 Å². The van der Waals surface area contributed by atoms with E-state index in [0.29, 0.717) is 13.1 Å². The fraction of sp³-hybridized carbons (Fsp3) is 0.500. The number of likely N-dealkylation sites (tertiary alicyclic amines) is 2. The molecule has 0 bridgehead atoms. The predicted molar refractivity (Wildman–Crippen MR) is 128 cm³/mol. The van der Waals surface area contributed by atoms with Crippen molar-refractivity contribution in [3.8, 4) is 5.75 Å². The number of amides is 2. The monoisotopic (exact) mass is 464 g/mol. The van der Waals surface area contributed by atoms with Gasteiger partial charge in [0.25, 0.3) is 5.91 Å². The number of fused-ring (bicyclic) bond motifs is 1. The van der Waals surface area contributed by atoms with Crippen molar-refractivity contribution < 1.29 is 18.7 Å². The standard InChI is InChI=1S/C28H33FN2O3/c1-34-22-12-10-21(11-13-22)28(15-4-5-16-28)27(33)31-17-6-7-20-19-30(18-14-25(20)31)26(32)23-8-2-3-9-24(23)29/h2-3,8-13,20,25H,4-7,14-19H2,1H3/t20-,25+/m1/s1. The molecular weight excluding hydrogens is 431 g/mol. The molecule has 2 heterocycles. The van der Waals surface area contributed by atoms with Gasteiger partial charge < -0.3 is 14.5 Å². The predicted octanol–water partition coefficient (Wildman–Crippen LogP) is 4.80. The molecule has 0 radical (unpaired) electrons. The van der Waals surface area contributed by atoms with Gasteiger partial charge in [-0.1, -0.05) is 37.1 Å². The van der Waals surface area contributed by atoms with E-state index in [2.05, 4.69) is 17.0 Å². The SMILES string of the molecule is COc1ccc(C2(C(=O)N3CCC[C@@H]4CN(C(=O)c5ccccc5F)CC[C@@H]43)CCCC2)cc1. The van der Waals surface area contributed by atoms with Gasteiger partial charge in [0.15, 0.2) is 0 Å². The molecule has 2 aromatic rings. The average molecular weight is 465 g/mol. The van der Waals surface area contributed by atoms with Crippen LogP contribution < -0.4 is 4.74 Å². The number of carbonyl (C=O) groups excluding carboxylic acids is 2. The van der Waals surface area contributed by atoms with Crippen LogP contribution in [0.1, 0.15) is 60.9 Å². The first-order chi connectivity index (χ1) is 16.5. The van der Waals surface area contributed by atoms with Gasteiger partial charge in [0, 0.05) is 25.7 Å². The average Bonchev–Trinajstić information content (AvgIpc) is 3.39. The van der Waals surface area contributed by atoms with Gasteiger partial charge in [-0.25, -0.2) is 4.39 Å². The molecule has 2 saturated heterocycles. The van der Waals surface area contributed by atoms with Crippen molar-refractivity contribution in [2.45, 2.75) is 56.4 Å². The van der Waals surface area contributed by atoms with Crippen molar-refractivity contribution in [2.75, 3.05) is 26.7 Å². The molecule has 0 unspecified atom stereocenters. The fourth-order valence-corrected chi connectivity index (χ4v) is 6.43. The molecule has 2 atom stereocenters. The van der Waals surface area contributed by atoms with Crippen LogP contribution in [0.15, 0.2) is 48.5 Å². The topological polar surface area (TPSA) is 49.9 Å². The van der Waals surface area contributed by atoms with E-state index < -0.39 is 11.2 Å². The second-order valence-corrected chi connectivity index (χ2v) is 10.0. The summed E-state index contributed by atoms with van der Waals surface area (Å²) >= 11 is 0. The quantitative estimate of drug-likeness (QED) is 0.653. The third-order valence-corrected chi connectivity index (χ3v) is 8.23. The van der Waals surface area contributed by atoms with Gasteiger partial charge in [0.05, 0.1) is 18.1 Å². The highest BCUT2D eigenvalue weighted by molar-refractivity contribution is 5.94. The van der Waals surface area contributed by atoms with E-state index >= 15 is 0 Å². The zero-order valence-corrected chi connectivity index (χ0v) is 19.8. The molecule has 1 saturated carbocycles. The van der Waals surface area contributed by atoms with Crippen molar-refractivity contribution in [2.24, 2.45) is 5.92 Å². The second kappa shape index (κ2) is 9.40. The van der Waals surface area contributed by atoms with Crippen molar-refractivity contribution >= 4 is 11.8 Å². The molecule has 2 aromatic carbocycles. The molecule has 34 heavy (non-hydrogen) atoms. The molecule has 2 aliphatic heterocycles. The molecule has 6 heteroatoms. The highest BCUT2D eigenvalue weighted by Crippen LogP contribution is 2.45. The number of halogens is 1. The molecule has 0 N–H and O–H groups in total. The highest BCUT2D eigenvalue weighted by Gasteiger charge is 2.49. The summed E-state index contributed by atoms with van der Waals surface area (Å²) in [7, 11) is 1.66. The minimum Gasteiger partial charge on any atom is -0.497 e. The summed E-state index contributed by atoms with van der Waals surface area (Å²) in [6, 6.07) is 14.3. The van der Waals surface area contributed by atoms with Crippen LogP contribution in [0.25, 0.3) is 0 Å². The van der Waals surface area contributed by atoms with Crippen LogP contribution in [0.5, 0.6) is 5.75 Å². The lowest BCUT2D eigenvalue weighted by atomic mass is 9.75. The maximum atomic E-state index is 14.2. The number of hydrogen-bond donors (Lipinski definition) is 0. The minimum absolute atomic E-state index is 0.133. The van der Waals surface area contributed by atoms with E-state index in [1.807, 2.05) is 12.1 Å². The first-order valence-corrected chi connectivity index (χ1v) is 12.5. The maximum absolute atomic E-state index is 14.2.